The van der Waals surface area contributed by atoms with E-state index in [9.17, 15) is 9.59 Å². The number of fused-ring (bicyclic) bond motifs is 1. The van der Waals surface area contributed by atoms with Crippen molar-refractivity contribution in [1.82, 2.24) is 4.90 Å². The summed E-state index contributed by atoms with van der Waals surface area (Å²) in [4.78, 5) is 26.4. The van der Waals surface area contributed by atoms with Crippen LogP contribution in [0.4, 0.5) is 0 Å². The molecule has 1 saturated heterocycles. The molecule has 2 unspecified atom stereocenters. The van der Waals surface area contributed by atoms with Crippen LogP contribution in [0.3, 0.4) is 0 Å². The molecule has 1 heterocycles. The fourth-order valence-corrected chi connectivity index (χ4v) is 4.04. The van der Waals surface area contributed by atoms with E-state index < -0.39 is 5.54 Å². The Morgan fingerprint density at radius 2 is 1.84 bits per heavy atom. The highest BCUT2D eigenvalue weighted by molar-refractivity contribution is 7.80. The summed E-state index contributed by atoms with van der Waals surface area (Å²) in [6, 6.07) is 0. The molecule has 0 aromatic heterocycles. The molecule has 2 amide bonds. The van der Waals surface area contributed by atoms with Gasteiger partial charge >= 0.3 is 0 Å². The Bertz CT molecular complexity index is 434. The van der Waals surface area contributed by atoms with Gasteiger partial charge in [-0.2, -0.15) is 0 Å². The number of carbonyl (C=O) groups is 2. The van der Waals surface area contributed by atoms with E-state index in [0.29, 0.717) is 10.9 Å². The average molecular weight is 280 g/mol. The van der Waals surface area contributed by atoms with Crippen LogP contribution in [0, 0.1) is 17.8 Å². The number of hydrogen-bond acceptors (Lipinski definition) is 3. The van der Waals surface area contributed by atoms with Gasteiger partial charge in [-0.1, -0.05) is 25.6 Å². The fraction of sp³-hybridized carbons (Fsp3) is 0.786. The summed E-state index contributed by atoms with van der Waals surface area (Å²) in [5.41, 5.74) is 5.27. The van der Waals surface area contributed by atoms with Crippen molar-refractivity contribution in [2.24, 2.45) is 23.5 Å². The van der Waals surface area contributed by atoms with Gasteiger partial charge in [0.25, 0.3) is 0 Å². The Kier molecular flexibility index (Phi) is 2.93. The maximum Gasteiger partial charge on any atom is 0.234 e. The van der Waals surface area contributed by atoms with E-state index in [-0.39, 0.29) is 23.7 Å². The molecule has 3 rings (SSSR count). The van der Waals surface area contributed by atoms with Crippen molar-refractivity contribution in [3.8, 4) is 0 Å². The summed E-state index contributed by atoms with van der Waals surface area (Å²) in [5.74, 6) is 0.477. The van der Waals surface area contributed by atoms with Crippen LogP contribution in [0.1, 0.15) is 45.4 Å². The minimum atomic E-state index is -0.664. The molecular formula is C14H20N2O2S. The minimum Gasteiger partial charge on any atom is -0.391 e. The smallest absolute Gasteiger partial charge is 0.234 e. The maximum atomic E-state index is 12.3. The molecule has 0 aromatic carbocycles. The molecule has 2 atom stereocenters. The summed E-state index contributed by atoms with van der Waals surface area (Å²) in [7, 11) is 0. The Hall–Kier alpha value is -0.970. The van der Waals surface area contributed by atoms with Gasteiger partial charge in [0.05, 0.1) is 16.8 Å². The molecule has 0 aromatic rings. The normalized spacial score (nSPS) is 41.3. The summed E-state index contributed by atoms with van der Waals surface area (Å²) in [5, 5.41) is 0. The summed E-state index contributed by atoms with van der Waals surface area (Å²) in [6.07, 6.45) is 5.37. The van der Waals surface area contributed by atoms with Crippen LogP contribution in [-0.4, -0.2) is 27.2 Å². The molecule has 104 valence electrons. The van der Waals surface area contributed by atoms with Crippen LogP contribution in [0.25, 0.3) is 0 Å². The lowest BCUT2D eigenvalue weighted by molar-refractivity contribution is -0.147. The van der Waals surface area contributed by atoms with Gasteiger partial charge in [-0.05, 0) is 38.0 Å². The van der Waals surface area contributed by atoms with Gasteiger partial charge in [0.15, 0.2) is 0 Å². The molecule has 5 heteroatoms. The highest BCUT2D eigenvalue weighted by Gasteiger charge is 2.64. The molecule has 19 heavy (non-hydrogen) atoms. The predicted octanol–water partition coefficient (Wildman–Crippen LogP) is 1.62. The first-order valence-corrected chi connectivity index (χ1v) is 7.60. The van der Waals surface area contributed by atoms with Gasteiger partial charge in [-0.3, -0.25) is 14.5 Å². The van der Waals surface area contributed by atoms with E-state index in [4.69, 9.17) is 18.0 Å². The van der Waals surface area contributed by atoms with Crippen LogP contribution in [0.5, 0.6) is 0 Å². The number of hydrogen-bond donors (Lipinski definition) is 1. The second-order valence-corrected chi connectivity index (χ2v) is 6.65. The van der Waals surface area contributed by atoms with Crippen molar-refractivity contribution in [2.45, 2.75) is 51.0 Å². The zero-order valence-electron chi connectivity index (χ0n) is 11.2. The maximum absolute atomic E-state index is 12.3. The number of carbonyl (C=O) groups excluding carboxylic acids is 2. The largest absolute Gasteiger partial charge is 0.391 e. The number of piperidine rings is 1. The highest BCUT2D eigenvalue weighted by Crippen LogP contribution is 2.52. The third-order valence-electron chi connectivity index (χ3n) is 5.26. The monoisotopic (exact) mass is 280 g/mol. The van der Waals surface area contributed by atoms with Gasteiger partial charge in [0.2, 0.25) is 11.8 Å². The van der Waals surface area contributed by atoms with Crippen LogP contribution in [0.2, 0.25) is 0 Å². The van der Waals surface area contributed by atoms with Crippen LogP contribution < -0.4 is 5.73 Å². The molecule has 3 aliphatic rings. The van der Waals surface area contributed by atoms with Crippen molar-refractivity contribution >= 4 is 29.0 Å². The van der Waals surface area contributed by atoms with E-state index in [2.05, 4.69) is 6.92 Å². The van der Waals surface area contributed by atoms with Crippen molar-refractivity contribution in [1.29, 1.82) is 0 Å². The Labute approximate surface area is 118 Å². The third-order valence-corrected chi connectivity index (χ3v) is 5.64. The molecule has 3 fully saturated rings. The standard InChI is InChI=1S/C14H20N2O2S/c1-2-8-3-5-14(6-4-8,13(15)19)16-11(17)9-7-10(9)12(16)18/h8-10H,2-7H2,1H3,(H2,15,19). The van der Waals surface area contributed by atoms with Crippen LogP contribution >= 0.6 is 12.2 Å². The first kappa shape index (κ1) is 13.0. The third kappa shape index (κ3) is 1.74. The zero-order chi connectivity index (χ0) is 13.8. The fourth-order valence-electron chi connectivity index (χ4n) is 3.75. The van der Waals surface area contributed by atoms with Crippen LogP contribution in [-0.2, 0) is 9.59 Å². The lowest BCUT2D eigenvalue weighted by atomic mass is 9.74. The molecule has 2 aliphatic carbocycles. The Morgan fingerprint density at radius 3 is 2.26 bits per heavy atom. The Balaban J connectivity index is 1.88. The first-order chi connectivity index (χ1) is 9.01. The van der Waals surface area contributed by atoms with E-state index in [1.807, 2.05) is 0 Å². The number of nitrogens with two attached hydrogens (primary N) is 1. The zero-order valence-corrected chi connectivity index (χ0v) is 12.0. The number of likely N-dealkylation sites (tertiary alicyclic amines) is 1. The van der Waals surface area contributed by atoms with E-state index in [1.54, 1.807) is 0 Å². The lowest BCUT2D eigenvalue weighted by Crippen LogP contribution is -2.61. The molecule has 1 aliphatic heterocycles. The van der Waals surface area contributed by atoms with Gasteiger partial charge < -0.3 is 5.73 Å². The average Bonchev–Trinajstić information content (AvgIpc) is 3.15. The molecule has 0 bridgehead atoms. The molecule has 4 nitrogen and oxygen atoms in total. The van der Waals surface area contributed by atoms with Crippen LogP contribution in [0.15, 0.2) is 0 Å². The van der Waals surface area contributed by atoms with Crippen molar-refractivity contribution in [3.63, 3.8) is 0 Å². The number of nitrogens with zero attached hydrogens (tertiary/aromatic N) is 1. The molecule has 2 saturated carbocycles. The number of rotatable bonds is 3. The van der Waals surface area contributed by atoms with E-state index in [0.717, 1.165) is 38.5 Å². The van der Waals surface area contributed by atoms with E-state index in [1.165, 1.54) is 4.90 Å². The van der Waals surface area contributed by atoms with Gasteiger partial charge in [-0.25, -0.2) is 0 Å². The number of amides is 2. The van der Waals surface area contributed by atoms with Crippen molar-refractivity contribution < 1.29 is 9.59 Å². The first-order valence-electron chi connectivity index (χ1n) is 7.19. The van der Waals surface area contributed by atoms with Gasteiger partial charge in [0, 0.05) is 0 Å². The molecule has 0 spiro atoms. The van der Waals surface area contributed by atoms with Crippen molar-refractivity contribution in [2.75, 3.05) is 0 Å². The molecular weight excluding hydrogens is 260 g/mol. The van der Waals surface area contributed by atoms with Gasteiger partial charge in [-0.15, -0.1) is 0 Å². The second kappa shape index (κ2) is 4.27. The topological polar surface area (TPSA) is 63.4 Å². The second-order valence-electron chi connectivity index (χ2n) is 6.21. The SMILES string of the molecule is CCC1CCC(C(N)=S)(N2C(=O)C3CC3C2=O)CC1. The summed E-state index contributed by atoms with van der Waals surface area (Å²) in [6.45, 7) is 2.18. The minimum absolute atomic E-state index is 0.0299. The van der Waals surface area contributed by atoms with Gasteiger partial charge in [0.1, 0.15) is 5.54 Å². The Morgan fingerprint density at radius 1 is 1.32 bits per heavy atom. The molecule has 0 radical (unpaired) electrons. The molecule has 2 N–H and O–H groups in total. The summed E-state index contributed by atoms with van der Waals surface area (Å²) < 4.78 is 0. The van der Waals surface area contributed by atoms with Crippen molar-refractivity contribution in [3.05, 3.63) is 0 Å². The van der Waals surface area contributed by atoms with E-state index >= 15 is 0 Å². The lowest BCUT2D eigenvalue weighted by Gasteiger charge is -2.45. The number of thiocarbonyl (C=S) groups is 1. The summed E-state index contributed by atoms with van der Waals surface area (Å²) >= 11 is 5.23. The quantitative estimate of drug-likeness (QED) is 0.630. The number of imide groups is 1. The predicted molar refractivity (Wildman–Crippen MR) is 75.2 cm³/mol. The highest BCUT2D eigenvalue weighted by atomic mass is 32.1.